The second-order valence-corrected chi connectivity index (χ2v) is 14.9. The molecule has 3 heterocycles. The zero-order valence-corrected chi connectivity index (χ0v) is 24.6. The van der Waals surface area contributed by atoms with Gasteiger partial charge in [-0.25, -0.2) is 23.7 Å². The number of nitrogen functional groups attached to an aromatic ring is 1. The number of nitrogens with two attached hydrogens (primary N) is 2. The summed E-state index contributed by atoms with van der Waals surface area (Å²) in [5.74, 6) is 5.83. The summed E-state index contributed by atoms with van der Waals surface area (Å²) in [6, 6.07) is 0. The Hall–Kier alpha value is -1.03. The summed E-state index contributed by atoms with van der Waals surface area (Å²) in [4.78, 5) is 44.9. The van der Waals surface area contributed by atoms with E-state index in [2.05, 4.69) is 30.4 Å². The number of ether oxygens (including phenoxy) is 2. The second-order valence-electron chi connectivity index (χ2n) is 7.67. The lowest BCUT2D eigenvalue weighted by Gasteiger charge is -2.23. The van der Waals surface area contributed by atoms with E-state index in [1.165, 1.54) is 27.9 Å². The van der Waals surface area contributed by atoms with Crippen LogP contribution in [0.2, 0.25) is 0 Å². The van der Waals surface area contributed by atoms with Crippen LogP contribution in [0, 0.1) is 11.8 Å². The van der Waals surface area contributed by atoms with Crippen LogP contribution in [0.5, 0.6) is 0 Å². The summed E-state index contributed by atoms with van der Waals surface area (Å²) in [7, 11) is -13.7. The van der Waals surface area contributed by atoms with E-state index >= 15 is 0 Å². The largest absolute Gasteiger partial charge is 0.490 e. The molecule has 17 nitrogen and oxygen atoms in total. The molecule has 0 aromatic carbocycles. The number of hydrogen-bond donors (Lipinski definition) is 6. The number of hydrogen-bond acceptors (Lipinski definition) is 14. The Morgan fingerprint density at radius 3 is 2.59 bits per heavy atom. The Kier molecular flexibility index (Phi) is 11.1. The summed E-state index contributed by atoms with van der Waals surface area (Å²) < 4.78 is 60.8. The van der Waals surface area contributed by atoms with Crippen molar-refractivity contribution in [2.75, 3.05) is 25.1 Å². The van der Waals surface area contributed by atoms with E-state index in [9.17, 15) is 23.5 Å². The van der Waals surface area contributed by atoms with Gasteiger partial charge >= 0.3 is 23.5 Å². The molecule has 1 fully saturated rings. The summed E-state index contributed by atoms with van der Waals surface area (Å²) in [5, 5.41) is 0.475. The van der Waals surface area contributed by atoms with E-state index < -0.39 is 48.5 Å². The molecule has 0 aliphatic carbocycles. The van der Waals surface area contributed by atoms with Crippen molar-refractivity contribution in [2.24, 2.45) is 5.73 Å². The third kappa shape index (κ3) is 9.23. The quantitative estimate of drug-likeness (QED) is 0.0827. The highest BCUT2D eigenvalue weighted by Gasteiger charge is 2.44. The SMILES string of the molecule is CSS[C@H](C)OC1C[C@H](n2cc(C#CCN)c3c(N)ncnc32)O[C@@H]1COP(=O)(O)OP(=O)(O)OP(=O)(O)O. The van der Waals surface area contributed by atoms with Crippen molar-refractivity contribution in [3.63, 3.8) is 0 Å². The molecule has 1 saturated heterocycles. The standard InChI is InChI=1S/C17H26N5O12P3S2/c1-10(39-38-2)31-12-6-14(22-7-11(4-3-5-18)15-16(19)20-9-21-17(15)22)32-13(12)8-30-36(26,27)34-37(28,29)33-35(23,24)25/h7,9-10,12-14H,5-6,8,18H2,1-2H3,(H,26,27)(H,28,29)(H2,19,20,21)(H2,23,24,25)/t10-,12?,13-,14-/m1/s1. The number of nitrogens with zero attached hydrogens (tertiary/aromatic N) is 3. The van der Waals surface area contributed by atoms with Gasteiger partial charge < -0.3 is 45.1 Å². The molecule has 1 aliphatic heterocycles. The predicted molar refractivity (Wildman–Crippen MR) is 142 cm³/mol. The predicted octanol–water partition coefficient (Wildman–Crippen LogP) is 1.70. The molecule has 218 valence electrons. The minimum Gasteiger partial charge on any atom is -0.383 e. The molecule has 0 radical (unpaired) electrons. The molecule has 3 rings (SSSR count). The first-order chi connectivity index (χ1) is 18.1. The molecule has 0 bridgehead atoms. The van der Waals surface area contributed by atoms with Crippen LogP contribution in [-0.2, 0) is 36.3 Å². The van der Waals surface area contributed by atoms with Gasteiger partial charge in [-0.05, 0) is 13.2 Å². The second kappa shape index (κ2) is 13.3. The van der Waals surface area contributed by atoms with Gasteiger partial charge in [-0.15, -0.1) is 0 Å². The van der Waals surface area contributed by atoms with Crippen molar-refractivity contribution >= 4 is 61.9 Å². The third-order valence-corrected chi connectivity index (χ3v) is 10.6. The molecule has 2 aromatic heterocycles. The van der Waals surface area contributed by atoms with E-state index in [4.69, 9.17) is 35.3 Å². The minimum atomic E-state index is -5.67. The van der Waals surface area contributed by atoms with Crippen molar-refractivity contribution in [1.82, 2.24) is 14.5 Å². The van der Waals surface area contributed by atoms with E-state index in [0.717, 1.165) is 0 Å². The highest BCUT2D eigenvalue weighted by molar-refractivity contribution is 8.76. The molecule has 8 N–H and O–H groups in total. The smallest absolute Gasteiger partial charge is 0.383 e. The number of phosphoric acid groups is 3. The number of aromatic nitrogens is 3. The zero-order chi connectivity index (χ0) is 29.0. The number of anilines is 1. The zero-order valence-electron chi connectivity index (χ0n) is 20.3. The molecule has 3 unspecified atom stereocenters. The average Bonchev–Trinajstić information content (AvgIpc) is 3.36. The maximum Gasteiger partial charge on any atom is 0.490 e. The van der Waals surface area contributed by atoms with Crippen molar-refractivity contribution < 1.29 is 55.9 Å². The van der Waals surface area contributed by atoms with E-state index in [1.54, 1.807) is 17.7 Å². The molecular formula is C17H26N5O12P3S2. The van der Waals surface area contributed by atoms with Crippen LogP contribution in [-0.4, -0.2) is 71.2 Å². The Bertz CT molecular complexity index is 1380. The van der Waals surface area contributed by atoms with Crippen LogP contribution in [0.4, 0.5) is 5.82 Å². The fourth-order valence-corrected chi connectivity index (χ4v) is 8.05. The van der Waals surface area contributed by atoms with Gasteiger partial charge in [0, 0.05) is 12.6 Å². The molecule has 2 aromatic rings. The first-order valence-electron chi connectivity index (χ1n) is 10.7. The highest BCUT2D eigenvalue weighted by atomic mass is 33.1. The fourth-order valence-electron chi connectivity index (χ4n) is 3.61. The molecule has 22 heteroatoms. The maximum atomic E-state index is 12.3. The van der Waals surface area contributed by atoms with Crippen LogP contribution < -0.4 is 11.5 Å². The molecule has 0 saturated carbocycles. The van der Waals surface area contributed by atoms with Gasteiger partial charge in [0.15, 0.2) is 0 Å². The summed E-state index contributed by atoms with van der Waals surface area (Å²) >= 11 is 0. The lowest BCUT2D eigenvalue weighted by molar-refractivity contribution is -0.0616. The molecule has 1 aliphatic rings. The van der Waals surface area contributed by atoms with E-state index in [-0.39, 0.29) is 24.2 Å². The van der Waals surface area contributed by atoms with Crippen molar-refractivity contribution in [3.8, 4) is 11.8 Å². The monoisotopic (exact) mass is 649 g/mol. The normalized spacial score (nSPS) is 23.6. The number of phosphoric ester groups is 1. The van der Waals surface area contributed by atoms with Gasteiger partial charge in [-0.3, -0.25) is 4.52 Å². The Morgan fingerprint density at radius 1 is 1.23 bits per heavy atom. The summed E-state index contributed by atoms with van der Waals surface area (Å²) in [6.07, 6.45) is 2.49. The van der Waals surface area contributed by atoms with Crippen molar-refractivity contribution in [2.45, 2.75) is 37.2 Å². The summed E-state index contributed by atoms with van der Waals surface area (Å²) in [5.41, 5.74) is 12.1. The van der Waals surface area contributed by atoms with Gasteiger partial charge in [-0.1, -0.05) is 33.4 Å². The lowest BCUT2D eigenvalue weighted by Crippen LogP contribution is -2.30. The molecule has 6 atom stereocenters. The third-order valence-electron chi connectivity index (χ3n) is 4.87. The molecule has 0 amide bonds. The Labute approximate surface area is 230 Å². The van der Waals surface area contributed by atoms with Crippen molar-refractivity contribution in [3.05, 3.63) is 18.1 Å². The van der Waals surface area contributed by atoms with E-state index in [0.29, 0.717) is 16.6 Å². The number of rotatable bonds is 12. The van der Waals surface area contributed by atoms with Crippen LogP contribution in [0.3, 0.4) is 0 Å². The molecule has 39 heavy (non-hydrogen) atoms. The van der Waals surface area contributed by atoms with Crippen LogP contribution >= 0.6 is 45.1 Å². The van der Waals surface area contributed by atoms with Crippen LogP contribution in [0.1, 0.15) is 25.1 Å². The topological polar surface area (TPSA) is 261 Å². The van der Waals surface area contributed by atoms with Crippen LogP contribution in [0.15, 0.2) is 12.5 Å². The van der Waals surface area contributed by atoms with Gasteiger partial charge in [0.25, 0.3) is 0 Å². The fraction of sp³-hybridized carbons (Fsp3) is 0.529. The number of fused-ring (bicyclic) bond motifs is 1. The lowest BCUT2D eigenvalue weighted by atomic mass is 10.2. The van der Waals surface area contributed by atoms with Crippen molar-refractivity contribution in [1.29, 1.82) is 0 Å². The Morgan fingerprint density at radius 2 is 1.95 bits per heavy atom. The maximum absolute atomic E-state index is 12.3. The van der Waals surface area contributed by atoms with Gasteiger partial charge in [-0.2, -0.15) is 8.62 Å². The minimum absolute atomic E-state index is 0.101. The van der Waals surface area contributed by atoms with Gasteiger partial charge in [0.2, 0.25) is 0 Å². The molecular weight excluding hydrogens is 623 g/mol. The first kappa shape index (κ1) is 32.5. The average molecular weight is 649 g/mol. The Balaban J connectivity index is 1.85. The van der Waals surface area contributed by atoms with E-state index in [1.807, 2.05) is 6.26 Å². The van der Waals surface area contributed by atoms with Crippen LogP contribution in [0.25, 0.3) is 11.0 Å². The first-order valence-corrected chi connectivity index (χ1v) is 17.9. The summed E-state index contributed by atoms with van der Waals surface area (Å²) in [6.45, 7) is 1.20. The molecule has 0 spiro atoms. The van der Waals surface area contributed by atoms with Gasteiger partial charge in [0.05, 0.1) is 30.2 Å². The van der Waals surface area contributed by atoms with Gasteiger partial charge in [0.1, 0.15) is 35.6 Å². The highest BCUT2D eigenvalue weighted by Crippen LogP contribution is 2.66.